The summed E-state index contributed by atoms with van der Waals surface area (Å²) >= 11 is 11.6. The molecule has 0 N–H and O–H groups in total. The van der Waals surface area contributed by atoms with Crippen molar-refractivity contribution in [3.8, 4) is 22.3 Å². The van der Waals surface area contributed by atoms with Crippen LogP contribution in [0.4, 0.5) is 0 Å². The molecular weight excluding hydrogens is 996 g/mol. The fourth-order valence-corrected chi connectivity index (χ4v) is 13.9. The summed E-state index contributed by atoms with van der Waals surface area (Å²) in [7, 11) is 0. The molecule has 3 heteroatoms. The van der Waals surface area contributed by atoms with Gasteiger partial charge in [-0.2, -0.15) is 0 Å². The van der Waals surface area contributed by atoms with Gasteiger partial charge in [0.25, 0.3) is 0 Å². The number of rotatable bonds is 6. The monoisotopic (exact) mass is 1040 g/mol. The fraction of sp³-hybridized carbons (Fsp3) is 0.111. The van der Waals surface area contributed by atoms with Gasteiger partial charge >= 0.3 is 0 Å². The minimum Gasteiger partial charge on any atom is -0.0839 e. The first kappa shape index (κ1) is 40.4. The van der Waals surface area contributed by atoms with Crippen LogP contribution in [0.2, 0.25) is 0 Å². The molecule has 2 unspecified atom stereocenters. The summed E-state index contributed by atoms with van der Waals surface area (Å²) in [5.74, 6) is 0.195. The number of allylic oxidation sites excluding steroid dienone is 8. The van der Waals surface area contributed by atoms with Crippen LogP contribution < -0.4 is 0 Å². The molecule has 0 spiro atoms. The minimum atomic E-state index is -0.651. The van der Waals surface area contributed by atoms with Gasteiger partial charge in [0.15, 0.2) is 0 Å². The molecular formula is C63H43Br3. The Kier molecular flexibility index (Phi) is 9.41. The van der Waals surface area contributed by atoms with Gasteiger partial charge in [0.2, 0.25) is 0 Å². The quantitative estimate of drug-likeness (QED) is 0.156. The van der Waals surface area contributed by atoms with E-state index in [1.807, 2.05) is 0 Å². The van der Waals surface area contributed by atoms with Crippen LogP contribution in [0.1, 0.15) is 74.9 Å². The first-order chi connectivity index (χ1) is 32.4. The number of hydrogen-bond acceptors (Lipinski definition) is 0. The van der Waals surface area contributed by atoms with Gasteiger partial charge < -0.3 is 0 Å². The lowest BCUT2D eigenvalue weighted by atomic mass is 9.59. The summed E-state index contributed by atoms with van der Waals surface area (Å²) in [6.45, 7) is 0. The Morgan fingerprint density at radius 1 is 0.394 bits per heavy atom. The van der Waals surface area contributed by atoms with Crippen molar-refractivity contribution in [2.45, 2.75) is 35.5 Å². The van der Waals surface area contributed by atoms with Crippen LogP contribution in [0.15, 0.2) is 249 Å². The molecule has 0 radical (unpaired) electrons. The molecule has 5 aliphatic rings. The first-order valence-electron chi connectivity index (χ1n) is 23.1. The lowest BCUT2D eigenvalue weighted by Crippen LogP contribution is -2.37. The van der Waals surface area contributed by atoms with Crippen LogP contribution in [0.25, 0.3) is 22.3 Å². The maximum atomic E-state index is 3.86. The molecule has 2 atom stereocenters. The average molecular weight is 1040 g/mol. The van der Waals surface area contributed by atoms with Gasteiger partial charge in [-0.05, 0) is 150 Å². The highest BCUT2D eigenvalue weighted by Gasteiger charge is 2.56. The number of halogens is 3. The second kappa shape index (κ2) is 15.4. The predicted octanol–water partition coefficient (Wildman–Crippen LogP) is 17.1. The average Bonchev–Trinajstić information content (AvgIpc) is 3.96. The summed E-state index contributed by atoms with van der Waals surface area (Å²) in [6.07, 6.45) is 15.3. The minimum absolute atomic E-state index is 0.195. The van der Waals surface area contributed by atoms with Crippen molar-refractivity contribution in [1.29, 1.82) is 0 Å². The first-order valence-corrected chi connectivity index (χ1v) is 25.4. The van der Waals surface area contributed by atoms with Crippen molar-refractivity contribution in [1.82, 2.24) is 0 Å². The van der Waals surface area contributed by atoms with E-state index < -0.39 is 16.2 Å². The third kappa shape index (κ3) is 5.48. The molecule has 316 valence electrons. The lowest BCUT2D eigenvalue weighted by molar-refractivity contribution is 0.460. The molecule has 0 aromatic heterocycles. The Balaban J connectivity index is 1.25. The van der Waals surface area contributed by atoms with Crippen LogP contribution >= 0.6 is 47.8 Å². The molecule has 66 heavy (non-hydrogen) atoms. The highest BCUT2D eigenvalue weighted by Crippen LogP contribution is 2.65. The molecule has 8 aromatic rings. The van der Waals surface area contributed by atoms with Gasteiger partial charge in [0, 0.05) is 19.3 Å². The number of benzene rings is 8. The summed E-state index contributed by atoms with van der Waals surface area (Å²) in [4.78, 5) is 0. The Hall–Kier alpha value is -5.84. The van der Waals surface area contributed by atoms with Crippen LogP contribution in [0.3, 0.4) is 0 Å². The fourth-order valence-electron chi connectivity index (χ4n) is 13.2. The second-order valence-electron chi connectivity index (χ2n) is 18.5. The Morgan fingerprint density at radius 2 is 0.788 bits per heavy atom. The zero-order valence-electron chi connectivity index (χ0n) is 36.1. The van der Waals surface area contributed by atoms with Crippen molar-refractivity contribution in [3.63, 3.8) is 0 Å². The molecule has 0 aliphatic heterocycles. The molecule has 13 rings (SSSR count). The standard InChI is InChI=1S/C63H43Br3/c64-46-31-25-40(26-32-46)61(55-19-7-1-13-49(55)50-14-2-8-20-56(50)61)43-37-44(62(41-27-33-47(65)34-28-41)57-21-9-3-15-51(57)52-16-4-10-22-58(52)62)39-45(38-43)63(42-29-35-48(66)36-30-42)59-23-11-5-17-53(59)54-18-6-12-24-60(54)63/h1-5,7-11,13-22,24-39,59H,6,12,23H2. The van der Waals surface area contributed by atoms with Gasteiger partial charge in [-0.15, -0.1) is 0 Å². The van der Waals surface area contributed by atoms with E-state index in [-0.39, 0.29) is 5.92 Å². The normalized spacial score (nSPS) is 19.9. The molecule has 8 aromatic carbocycles. The topological polar surface area (TPSA) is 0 Å². The van der Waals surface area contributed by atoms with Crippen molar-refractivity contribution in [2.75, 3.05) is 0 Å². The van der Waals surface area contributed by atoms with Gasteiger partial charge in [-0.3, -0.25) is 0 Å². The Morgan fingerprint density at radius 3 is 1.24 bits per heavy atom. The summed E-state index contributed by atoms with van der Waals surface area (Å²) in [5.41, 5.74) is 20.6. The van der Waals surface area contributed by atoms with E-state index in [0.717, 1.165) is 32.7 Å². The van der Waals surface area contributed by atoms with E-state index in [4.69, 9.17) is 0 Å². The zero-order chi connectivity index (χ0) is 44.2. The van der Waals surface area contributed by atoms with Crippen LogP contribution in [0.5, 0.6) is 0 Å². The van der Waals surface area contributed by atoms with Crippen molar-refractivity contribution < 1.29 is 0 Å². The molecule has 0 amide bonds. The zero-order valence-corrected chi connectivity index (χ0v) is 40.9. The number of fused-ring (bicyclic) bond motifs is 9. The van der Waals surface area contributed by atoms with Gasteiger partial charge in [0.1, 0.15) is 0 Å². The number of hydrogen-bond donors (Lipinski definition) is 0. The van der Waals surface area contributed by atoms with E-state index in [9.17, 15) is 0 Å². The van der Waals surface area contributed by atoms with Crippen molar-refractivity contribution in [3.05, 3.63) is 304 Å². The van der Waals surface area contributed by atoms with E-state index in [1.54, 1.807) is 0 Å². The highest BCUT2D eigenvalue weighted by atomic mass is 79.9. The van der Waals surface area contributed by atoms with E-state index in [0.29, 0.717) is 0 Å². The highest BCUT2D eigenvalue weighted by molar-refractivity contribution is 9.11. The molecule has 0 nitrogen and oxygen atoms in total. The smallest absolute Gasteiger partial charge is 0.0713 e. The third-order valence-corrected chi connectivity index (χ3v) is 17.2. The third-order valence-electron chi connectivity index (χ3n) is 15.6. The summed E-state index contributed by atoms with van der Waals surface area (Å²) < 4.78 is 3.22. The Bertz CT molecular complexity index is 3160. The van der Waals surface area contributed by atoms with Crippen LogP contribution in [-0.2, 0) is 16.2 Å². The van der Waals surface area contributed by atoms with Gasteiger partial charge in [-0.1, -0.05) is 230 Å². The van der Waals surface area contributed by atoms with Crippen molar-refractivity contribution >= 4 is 47.8 Å². The largest absolute Gasteiger partial charge is 0.0839 e. The second-order valence-corrected chi connectivity index (χ2v) is 21.2. The van der Waals surface area contributed by atoms with Crippen LogP contribution in [0, 0.1) is 5.92 Å². The lowest BCUT2D eigenvalue weighted by Gasteiger charge is -2.43. The van der Waals surface area contributed by atoms with Gasteiger partial charge in [-0.25, -0.2) is 0 Å². The molecule has 5 aliphatic carbocycles. The van der Waals surface area contributed by atoms with E-state index in [1.165, 1.54) is 94.6 Å². The maximum Gasteiger partial charge on any atom is 0.0713 e. The molecule has 1 saturated carbocycles. The summed E-state index contributed by atoms with van der Waals surface area (Å²) in [5, 5.41) is 0. The molecule has 0 heterocycles. The molecule has 1 fully saturated rings. The van der Waals surface area contributed by atoms with Crippen LogP contribution in [-0.4, -0.2) is 0 Å². The predicted molar refractivity (Wildman–Crippen MR) is 282 cm³/mol. The van der Waals surface area contributed by atoms with E-state index >= 15 is 0 Å². The maximum absolute atomic E-state index is 3.86. The molecule has 0 bridgehead atoms. The molecule has 0 saturated heterocycles. The van der Waals surface area contributed by atoms with Crippen molar-refractivity contribution in [2.24, 2.45) is 5.92 Å². The Labute approximate surface area is 412 Å². The van der Waals surface area contributed by atoms with E-state index in [2.05, 4.69) is 266 Å². The summed E-state index contributed by atoms with van der Waals surface area (Å²) in [6, 6.07) is 72.3. The SMILES string of the molecule is Brc1ccc(C2(c3cc(C4(c5ccc(Br)cc5)c5ccccc5-c5ccccc54)cc(C4(c5ccc(Br)cc5)C5=CCCC=C5C5=CC=CCC54)c3)c3ccccc3-c3ccccc32)cc1. The van der Waals surface area contributed by atoms with Gasteiger partial charge in [0.05, 0.1) is 16.2 Å².